The number of hydrogen-bond donors (Lipinski definition) is 2. The maximum absolute atomic E-state index is 12.2. The summed E-state index contributed by atoms with van der Waals surface area (Å²) in [5, 5.41) is 10.1. The smallest absolute Gasteiger partial charge is 0.244 e. The number of amides is 1. The SMILES string of the molecule is Cc1ccc(C(C)NC(=O)/C=C/c2cn[nH]c2-c2ccccc2)cc1. The summed E-state index contributed by atoms with van der Waals surface area (Å²) >= 11 is 0. The molecule has 0 saturated carbocycles. The molecule has 0 aliphatic rings. The van der Waals surface area contributed by atoms with Crippen molar-refractivity contribution in [2.75, 3.05) is 0 Å². The standard InChI is InChI=1S/C21H21N3O/c1-15-8-10-17(11-9-15)16(2)23-20(25)13-12-19-14-22-24-21(19)18-6-4-3-5-7-18/h3-14,16H,1-2H3,(H,22,24)(H,23,25)/b13-12+. The van der Waals surface area contributed by atoms with Gasteiger partial charge in [0.05, 0.1) is 17.9 Å². The molecule has 1 amide bonds. The third-order valence-electron chi connectivity index (χ3n) is 4.08. The first-order valence-corrected chi connectivity index (χ1v) is 8.27. The number of nitrogens with zero attached hydrogens (tertiary/aromatic N) is 1. The van der Waals surface area contributed by atoms with E-state index in [4.69, 9.17) is 0 Å². The van der Waals surface area contributed by atoms with Crippen molar-refractivity contribution in [3.05, 3.63) is 83.6 Å². The second-order valence-electron chi connectivity index (χ2n) is 6.04. The van der Waals surface area contributed by atoms with E-state index in [1.54, 1.807) is 18.3 Å². The molecule has 2 aromatic carbocycles. The Morgan fingerprint density at radius 3 is 2.56 bits per heavy atom. The lowest BCUT2D eigenvalue weighted by Gasteiger charge is -2.13. The van der Waals surface area contributed by atoms with Crippen molar-refractivity contribution in [3.8, 4) is 11.3 Å². The van der Waals surface area contributed by atoms with Gasteiger partial charge < -0.3 is 5.32 Å². The summed E-state index contributed by atoms with van der Waals surface area (Å²) in [6, 6.07) is 18.0. The van der Waals surface area contributed by atoms with Gasteiger partial charge in [-0.1, -0.05) is 60.2 Å². The predicted molar refractivity (Wildman–Crippen MR) is 101 cm³/mol. The van der Waals surface area contributed by atoms with Gasteiger partial charge in [-0.05, 0) is 25.5 Å². The normalized spacial score (nSPS) is 12.2. The van der Waals surface area contributed by atoms with Crippen molar-refractivity contribution in [1.29, 1.82) is 0 Å². The lowest BCUT2D eigenvalue weighted by Crippen LogP contribution is -2.24. The average molecular weight is 331 g/mol. The molecule has 2 N–H and O–H groups in total. The Bertz CT molecular complexity index is 864. The van der Waals surface area contributed by atoms with Crippen LogP contribution in [0.15, 0.2) is 66.9 Å². The van der Waals surface area contributed by atoms with E-state index in [-0.39, 0.29) is 11.9 Å². The van der Waals surface area contributed by atoms with Crippen LogP contribution in [0.3, 0.4) is 0 Å². The van der Waals surface area contributed by atoms with E-state index < -0.39 is 0 Å². The average Bonchev–Trinajstić information content (AvgIpc) is 3.10. The Labute approximate surface area is 147 Å². The number of aryl methyl sites for hydroxylation is 1. The maximum atomic E-state index is 12.2. The highest BCUT2D eigenvalue weighted by atomic mass is 16.1. The third-order valence-corrected chi connectivity index (χ3v) is 4.08. The molecular formula is C21H21N3O. The van der Waals surface area contributed by atoms with Crippen LogP contribution in [-0.4, -0.2) is 16.1 Å². The largest absolute Gasteiger partial charge is 0.346 e. The van der Waals surface area contributed by atoms with E-state index in [1.165, 1.54) is 5.56 Å². The molecule has 0 radical (unpaired) electrons. The fourth-order valence-corrected chi connectivity index (χ4v) is 2.62. The summed E-state index contributed by atoms with van der Waals surface area (Å²) in [4.78, 5) is 12.2. The van der Waals surface area contributed by atoms with Crippen molar-refractivity contribution in [1.82, 2.24) is 15.5 Å². The first-order valence-electron chi connectivity index (χ1n) is 8.27. The number of rotatable bonds is 5. The summed E-state index contributed by atoms with van der Waals surface area (Å²) in [7, 11) is 0. The van der Waals surface area contributed by atoms with Gasteiger partial charge in [-0.15, -0.1) is 0 Å². The van der Waals surface area contributed by atoms with E-state index in [0.29, 0.717) is 0 Å². The van der Waals surface area contributed by atoms with Crippen LogP contribution in [-0.2, 0) is 4.79 Å². The van der Waals surface area contributed by atoms with Crippen LogP contribution in [0.25, 0.3) is 17.3 Å². The van der Waals surface area contributed by atoms with Crippen molar-refractivity contribution < 1.29 is 4.79 Å². The molecule has 1 unspecified atom stereocenters. The number of carbonyl (C=O) groups is 1. The highest BCUT2D eigenvalue weighted by molar-refractivity contribution is 5.93. The number of H-pyrrole nitrogens is 1. The number of benzene rings is 2. The Balaban J connectivity index is 1.67. The molecule has 0 aliphatic heterocycles. The molecule has 4 nitrogen and oxygen atoms in total. The lowest BCUT2D eigenvalue weighted by atomic mass is 10.1. The Hall–Kier alpha value is -3.14. The Morgan fingerprint density at radius 2 is 1.84 bits per heavy atom. The highest BCUT2D eigenvalue weighted by Crippen LogP contribution is 2.21. The maximum Gasteiger partial charge on any atom is 0.244 e. The number of aromatic amines is 1. The van der Waals surface area contributed by atoms with Gasteiger partial charge in [0.1, 0.15) is 0 Å². The lowest BCUT2D eigenvalue weighted by molar-refractivity contribution is -0.117. The summed E-state index contributed by atoms with van der Waals surface area (Å²) in [6.45, 7) is 4.02. The fourth-order valence-electron chi connectivity index (χ4n) is 2.62. The number of carbonyl (C=O) groups excluding carboxylic acids is 1. The molecule has 0 aliphatic carbocycles. The summed E-state index contributed by atoms with van der Waals surface area (Å²) in [5.41, 5.74) is 5.10. The van der Waals surface area contributed by atoms with Gasteiger partial charge in [0.25, 0.3) is 0 Å². The third kappa shape index (κ3) is 4.23. The number of aromatic nitrogens is 2. The summed E-state index contributed by atoms with van der Waals surface area (Å²) in [5.74, 6) is -0.131. The summed E-state index contributed by atoms with van der Waals surface area (Å²) < 4.78 is 0. The molecule has 1 heterocycles. The first kappa shape index (κ1) is 16.7. The van der Waals surface area contributed by atoms with Crippen LogP contribution in [0.2, 0.25) is 0 Å². The van der Waals surface area contributed by atoms with E-state index in [0.717, 1.165) is 22.4 Å². The minimum Gasteiger partial charge on any atom is -0.346 e. The van der Waals surface area contributed by atoms with E-state index in [1.807, 2.05) is 68.4 Å². The van der Waals surface area contributed by atoms with E-state index in [2.05, 4.69) is 15.5 Å². The van der Waals surface area contributed by atoms with Crippen LogP contribution < -0.4 is 5.32 Å². The zero-order valence-electron chi connectivity index (χ0n) is 14.4. The Kier molecular flexibility index (Phi) is 5.09. The topological polar surface area (TPSA) is 57.8 Å². The summed E-state index contributed by atoms with van der Waals surface area (Å²) in [6.07, 6.45) is 5.04. The van der Waals surface area contributed by atoms with Crippen LogP contribution >= 0.6 is 0 Å². The van der Waals surface area contributed by atoms with Gasteiger partial charge >= 0.3 is 0 Å². The second-order valence-corrected chi connectivity index (χ2v) is 6.04. The van der Waals surface area contributed by atoms with Crippen LogP contribution in [0.5, 0.6) is 0 Å². The molecular weight excluding hydrogens is 310 g/mol. The quantitative estimate of drug-likeness (QED) is 0.686. The van der Waals surface area contributed by atoms with Crippen LogP contribution in [0, 0.1) is 6.92 Å². The predicted octanol–water partition coefficient (Wildman–Crippen LogP) is 4.28. The molecule has 0 fully saturated rings. The molecule has 1 atom stereocenters. The van der Waals surface area contributed by atoms with Crippen molar-refractivity contribution in [3.63, 3.8) is 0 Å². The first-order chi connectivity index (χ1) is 12.1. The zero-order valence-corrected chi connectivity index (χ0v) is 14.4. The monoisotopic (exact) mass is 331 g/mol. The number of nitrogens with one attached hydrogen (secondary N) is 2. The molecule has 126 valence electrons. The van der Waals surface area contributed by atoms with Crippen molar-refractivity contribution >= 4 is 12.0 Å². The molecule has 0 bridgehead atoms. The van der Waals surface area contributed by atoms with Gasteiger partial charge in [0, 0.05) is 17.2 Å². The van der Waals surface area contributed by atoms with Gasteiger partial charge in [-0.25, -0.2) is 0 Å². The highest BCUT2D eigenvalue weighted by Gasteiger charge is 2.08. The molecule has 4 heteroatoms. The van der Waals surface area contributed by atoms with E-state index in [9.17, 15) is 4.79 Å². The van der Waals surface area contributed by atoms with Crippen molar-refractivity contribution in [2.24, 2.45) is 0 Å². The molecule has 0 spiro atoms. The molecule has 1 aromatic heterocycles. The second kappa shape index (κ2) is 7.62. The molecule has 25 heavy (non-hydrogen) atoms. The molecule has 3 rings (SSSR count). The minimum absolute atomic E-state index is 0.0457. The number of hydrogen-bond acceptors (Lipinski definition) is 2. The van der Waals surface area contributed by atoms with Crippen molar-refractivity contribution in [2.45, 2.75) is 19.9 Å². The van der Waals surface area contributed by atoms with Crippen LogP contribution in [0.1, 0.15) is 29.7 Å². The van der Waals surface area contributed by atoms with Gasteiger partial charge in [0.15, 0.2) is 0 Å². The Morgan fingerprint density at radius 1 is 1.12 bits per heavy atom. The van der Waals surface area contributed by atoms with Gasteiger partial charge in [0.2, 0.25) is 5.91 Å². The van der Waals surface area contributed by atoms with Gasteiger partial charge in [-0.3, -0.25) is 9.89 Å². The van der Waals surface area contributed by atoms with Gasteiger partial charge in [-0.2, -0.15) is 5.10 Å². The fraction of sp³-hybridized carbons (Fsp3) is 0.143. The van der Waals surface area contributed by atoms with Crippen LogP contribution in [0.4, 0.5) is 0 Å². The molecule has 3 aromatic rings. The minimum atomic E-state index is -0.131. The zero-order chi connectivity index (χ0) is 17.6. The van der Waals surface area contributed by atoms with E-state index >= 15 is 0 Å². The molecule has 0 saturated heterocycles.